The second kappa shape index (κ2) is 9.02. The Morgan fingerprint density at radius 3 is 2.34 bits per heavy atom. The van der Waals surface area contributed by atoms with Crippen LogP contribution in [0.4, 0.5) is 0 Å². The molecule has 0 aliphatic rings. The van der Waals surface area contributed by atoms with Gasteiger partial charge in [-0.15, -0.1) is 0 Å². The van der Waals surface area contributed by atoms with Crippen LogP contribution in [0.15, 0.2) is 47.3 Å². The lowest BCUT2D eigenvalue weighted by Crippen LogP contribution is -2.26. The number of hydrogen-bond donors (Lipinski definition) is 0. The molecule has 0 N–H and O–H groups in total. The second-order valence-corrected chi connectivity index (χ2v) is 8.77. The Bertz CT molecular complexity index is 1620. The van der Waals surface area contributed by atoms with Crippen molar-refractivity contribution in [3.8, 4) is 11.5 Å². The van der Waals surface area contributed by atoms with Crippen LogP contribution in [0, 0.1) is 6.92 Å². The first kappa shape index (κ1) is 22.8. The summed E-state index contributed by atoms with van der Waals surface area (Å²) < 4.78 is 14.6. The van der Waals surface area contributed by atoms with E-state index in [2.05, 4.69) is 6.92 Å². The first-order valence-electron chi connectivity index (χ1n) is 11.9. The zero-order valence-electron chi connectivity index (χ0n) is 20.7. The molecule has 0 radical (unpaired) electrons. The van der Waals surface area contributed by atoms with Crippen molar-refractivity contribution in [2.75, 3.05) is 14.2 Å². The van der Waals surface area contributed by atoms with Crippen LogP contribution in [0.3, 0.4) is 0 Å². The van der Waals surface area contributed by atoms with Crippen LogP contribution in [0.5, 0.6) is 11.5 Å². The molecule has 3 aromatic heterocycles. The highest BCUT2D eigenvalue weighted by atomic mass is 16.5. The van der Waals surface area contributed by atoms with Crippen molar-refractivity contribution >= 4 is 33.2 Å². The van der Waals surface area contributed by atoms with Crippen LogP contribution < -0.4 is 15.0 Å². The normalized spacial score (nSPS) is 12.5. The van der Waals surface area contributed by atoms with Gasteiger partial charge in [-0.05, 0) is 56.5 Å². The standard InChI is InChI=1S/C27H29N5O3/c1-6-16(2)32-17(3)28-25-23(27(32)33)24-26(30-20-10-8-7-9-19(20)29-24)31(25)14-13-18-11-12-21(34-4)22(15-18)35-5/h7-12,15-16H,6,13-14H2,1-5H3/t16-/m0/s1. The molecular weight excluding hydrogens is 442 g/mol. The maximum atomic E-state index is 13.8. The van der Waals surface area contributed by atoms with E-state index in [-0.39, 0.29) is 11.6 Å². The zero-order valence-corrected chi connectivity index (χ0v) is 20.7. The number of rotatable bonds is 7. The van der Waals surface area contributed by atoms with Crippen LogP contribution in [0.2, 0.25) is 0 Å². The first-order chi connectivity index (χ1) is 17.0. The maximum Gasteiger partial charge on any atom is 0.265 e. The van der Waals surface area contributed by atoms with E-state index >= 15 is 0 Å². The SMILES string of the molecule is CC[C@H](C)n1c(C)nc2c(c1=O)c1nc3ccccc3nc1n2CCc1ccc(OC)c(OC)c1. The molecule has 0 spiro atoms. The Balaban J connectivity index is 1.72. The van der Waals surface area contributed by atoms with Crippen molar-refractivity contribution in [2.45, 2.75) is 46.2 Å². The molecule has 0 bridgehead atoms. The summed E-state index contributed by atoms with van der Waals surface area (Å²) in [4.78, 5) is 28.5. The molecule has 1 atom stereocenters. The van der Waals surface area contributed by atoms with E-state index in [4.69, 9.17) is 24.4 Å². The van der Waals surface area contributed by atoms with Gasteiger partial charge in [0.1, 0.15) is 16.7 Å². The number of aromatic nitrogens is 5. The van der Waals surface area contributed by atoms with E-state index in [0.29, 0.717) is 52.5 Å². The van der Waals surface area contributed by atoms with Gasteiger partial charge in [-0.3, -0.25) is 9.36 Å². The van der Waals surface area contributed by atoms with Crippen LogP contribution in [-0.4, -0.2) is 38.3 Å². The van der Waals surface area contributed by atoms with E-state index in [0.717, 1.165) is 23.0 Å². The molecule has 180 valence electrons. The molecule has 3 heterocycles. The smallest absolute Gasteiger partial charge is 0.265 e. The quantitative estimate of drug-likeness (QED) is 0.338. The number of ether oxygens (including phenoxy) is 2. The van der Waals surface area contributed by atoms with Crippen LogP contribution in [-0.2, 0) is 13.0 Å². The van der Waals surface area contributed by atoms with E-state index in [1.165, 1.54) is 0 Å². The average molecular weight is 472 g/mol. The maximum absolute atomic E-state index is 13.8. The van der Waals surface area contributed by atoms with Crippen molar-refractivity contribution in [3.63, 3.8) is 0 Å². The molecule has 2 aromatic carbocycles. The Kier molecular flexibility index (Phi) is 5.88. The fourth-order valence-electron chi connectivity index (χ4n) is 4.67. The molecule has 0 saturated heterocycles. The molecule has 0 aliphatic carbocycles. The number of benzene rings is 2. The monoisotopic (exact) mass is 471 g/mol. The summed E-state index contributed by atoms with van der Waals surface area (Å²) in [5.41, 5.74) is 4.45. The van der Waals surface area contributed by atoms with Gasteiger partial charge >= 0.3 is 0 Å². The highest BCUT2D eigenvalue weighted by Crippen LogP contribution is 2.29. The fraction of sp³-hybridized carbons (Fsp3) is 0.333. The molecule has 8 heteroatoms. The van der Waals surface area contributed by atoms with E-state index in [1.807, 2.05) is 60.9 Å². The number of methoxy groups -OCH3 is 2. The molecule has 0 fully saturated rings. The molecular formula is C27H29N5O3. The average Bonchev–Trinajstić information content (AvgIpc) is 3.17. The largest absolute Gasteiger partial charge is 0.493 e. The lowest BCUT2D eigenvalue weighted by Gasteiger charge is -2.16. The summed E-state index contributed by atoms with van der Waals surface area (Å²) in [5.74, 6) is 2.06. The van der Waals surface area contributed by atoms with Gasteiger partial charge in [0.05, 0.1) is 25.3 Å². The van der Waals surface area contributed by atoms with Gasteiger partial charge in [0.2, 0.25) is 0 Å². The van der Waals surface area contributed by atoms with Gasteiger partial charge in [-0.1, -0.05) is 25.1 Å². The molecule has 5 rings (SSSR count). The Hall–Kier alpha value is -3.94. The zero-order chi connectivity index (χ0) is 24.7. The lowest BCUT2D eigenvalue weighted by molar-refractivity contribution is 0.354. The van der Waals surface area contributed by atoms with Gasteiger partial charge in [0.15, 0.2) is 22.8 Å². The minimum Gasteiger partial charge on any atom is -0.493 e. The van der Waals surface area contributed by atoms with Gasteiger partial charge in [0, 0.05) is 12.6 Å². The molecule has 5 aromatic rings. The van der Waals surface area contributed by atoms with E-state index < -0.39 is 0 Å². The van der Waals surface area contributed by atoms with Gasteiger partial charge in [-0.25, -0.2) is 15.0 Å². The summed E-state index contributed by atoms with van der Waals surface area (Å²) >= 11 is 0. The minimum absolute atomic E-state index is 0.0398. The van der Waals surface area contributed by atoms with E-state index in [9.17, 15) is 4.79 Å². The number of fused-ring (bicyclic) bond motifs is 4. The van der Waals surface area contributed by atoms with Crippen molar-refractivity contribution in [1.29, 1.82) is 0 Å². The summed E-state index contributed by atoms with van der Waals surface area (Å²) in [6, 6.07) is 13.7. The number of nitrogens with zero attached hydrogens (tertiary/aromatic N) is 5. The lowest BCUT2D eigenvalue weighted by atomic mass is 10.1. The molecule has 8 nitrogen and oxygen atoms in total. The summed E-state index contributed by atoms with van der Waals surface area (Å²) in [7, 11) is 3.25. The Morgan fingerprint density at radius 2 is 1.66 bits per heavy atom. The van der Waals surface area contributed by atoms with Crippen molar-refractivity contribution < 1.29 is 9.47 Å². The summed E-state index contributed by atoms with van der Waals surface area (Å²) in [5, 5.41) is 0.525. The predicted molar refractivity (Wildman–Crippen MR) is 138 cm³/mol. The van der Waals surface area contributed by atoms with Gasteiger partial charge in [0.25, 0.3) is 5.56 Å². The van der Waals surface area contributed by atoms with Crippen molar-refractivity contribution in [1.82, 2.24) is 24.1 Å². The highest BCUT2D eigenvalue weighted by molar-refractivity contribution is 6.04. The number of aryl methyl sites for hydroxylation is 3. The third-order valence-corrected chi connectivity index (χ3v) is 6.68. The van der Waals surface area contributed by atoms with Crippen molar-refractivity contribution in [2.24, 2.45) is 0 Å². The highest BCUT2D eigenvalue weighted by Gasteiger charge is 2.22. The summed E-state index contributed by atoms with van der Waals surface area (Å²) in [6.07, 6.45) is 1.53. The van der Waals surface area contributed by atoms with Gasteiger partial charge < -0.3 is 14.0 Å². The third kappa shape index (κ3) is 3.79. The van der Waals surface area contributed by atoms with Crippen LogP contribution in [0.25, 0.3) is 33.2 Å². The van der Waals surface area contributed by atoms with Crippen LogP contribution in [0.1, 0.15) is 37.7 Å². The minimum atomic E-state index is -0.0682. The Morgan fingerprint density at radius 1 is 0.943 bits per heavy atom. The number of hydrogen-bond acceptors (Lipinski definition) is 6. The van der Waals surface area contributed by atoms with Crippen molar-refractivity contribution in [3.05, 3.63) is 64.2 Å². The molecule has 0 unspecified atom stereocenters. The third-order valence-electron chi connectivity index (χ3n) is 6.68. The molecule has 0 saturated carbocycles. The Labute approximate surface area is 203 Å². The summed E-state index contributed by atoms with van der Waals surface area (Å²) in [6.45, 7) is 6.59. The van der Waals surface area contributed by atoms with Crippen LogP contribution >= 0.6 is 0 Å². The predicted octanol–water partition coefficient (Wildman–Crippen LogP) is 4.83. The molecule has 0 aliphatic heterocycles. The fourth-order valence-corrected chi connectivity index (χ4v) is 4.67. The number of para-hydroxylation sites is 2. The first-order valence-corrected chi connectivity index (χ1v) is 11.9. The molecule has 35 heavy (non-hydrogen) atoms. The topological polar surface area (TPSA) is 84.1 Å². The van der Waals surface area contributed by atoms with Gasteiger partial charge in [-0.2, -0.15) is 0 Å². The molecule has 0 amide bonds. The second-order valence-electron chi connectivity index (χ2n) is 8.77. The van der Waals surface area contributed by atoms with E-state index in [1.54, 1.807) is 18.8 Å².